The van der Waals surface area contributed by atoms with Gasteiger partial charge in [-0.2, -0.15) is 0 Å². The van der Waals surface area contributed by atoms with Gasteiger partial charge in [-0.3, -0.25) is 14.6 Å². The van der Waals surface area contributed by atoms with Gasteiger partial charge in [-0.15, -0.1) is 0 Å². The molecular weight excluding hydrogens is 324 g/mol. The molecule has 7 heteroatoms. The van der Waals surface area contributed by atoms with Gasteiger partial charge in [-0.05, 0) is 30.3 Å². The summed E-state index contributed by atoms with van der Waals surface area (Å²) in [5.41, 5.74) is 8.45. The van der Waals surface area contributed by atoms with Crippen molar-refractivity contribution in [3.05, 3.63) is 52.0 Å². The zero-order chi connectivity index (χ0) is 16.7. The number of benzene rings is 2. The van der Waals surface area contributed by atoms with Gasteiger partial charge in [0.25, 0.3) is 0 Å². The van der Waals surface area contributed by atoms with E-state index < -0.39 is 5.91 Å². The average molecular weight is 338 g/mol. The van der Waals surface area contributed by atoms with Crippen molar-refractivity contribution in [1.29, 1.82) is 0 Å². The first kappa shape index (κ1) is 14.8. The summed E-state index contributed by atoms with van der Waals surface area (Å²) in [6.45, 7) is 0. The van der Waals surface area contributed by atoms with E-state index in [9.17, 15) is 9.59 Å². The summed E-state index contributed by atoms with van der Waals surface area (Å²) in [5, 5.41) is 7.95. The van der Waals surface area contributed by atoms with Crippen LogP contribution < -0.4 is 26.9 Å². The molecule has 0 unspecified atom stereocenters. The number of nitrogens with two attached hydrogens (primary N) is 1. The van der Waals surface area contributed by atoms with Gasteiger partial charge in [-0.25, -0.2) is 0 Å². The number of carbonyl (C=O) groups is 2. The zero-order valence-corrected chi connectivity index (χ0v) is 13.4. The van der Waals surface area contributed by atoms with Gasteiger partial charge in [0.1, 0.15) is 0 Å². The van der Waals surface area contributed by atoms with Gasteiger partial charge in [0, 0.05) is 38.8 Å². The van der Waals surface area contributed by atoms with Crippen molar-refractivity contribution >= 4 is 41.2 Å². The SMILES string of the molecule is NC(=O)c1ccc(NC=c2cc3c(c4c2=NCS4)CC(=O)N3)cc1. The Kier molecular flexibility index (Phi) is 3.50. The molecule has 0 spiro atoms. The number of amides is 2. The average Bonchev–Trinajstić information content (AvgIpc) is 3.18. The van der Waals surface area contributed by atoms with Crippen molar-refractivity contribution < 1.29 is 9.59 Å². The minimum atomic E-state index is -0.450. The fourth-order valence-electron chi connectivity index (χ4n) is 2.83. The minimum absolute atomic E-state index is 0.0202. The molecule has 4 rings (SSSR count). The zero-order valence-electron chi connectivity index (χ0n) is 12.6. The Morgan fingerprint density at radius 3 is 2.88 bits per heavy atom. The van der Waals surface area contributed by atoms with E-state index in [-0.39, 0.29) is 5.91 Å². The number of nitrogens with one attached hydrogen (secondary N) is 2. The summed E-state index contributed by atoms with van der Waals surface area (Å²) >= 11 is 1.66. The molecule has 4 N–H and O–H groups in total. The third-order valence-corrected chi connectivity index (χ3v) is 4.98. The van der Waals surface area contributed by atoms with E-state index in [0.29, 0.717) is 17.9 Å². The fraction of sp³-hybridized carbons (Fsp3) is 0.118. The molecule has 0 aliphatic carbocycles. The highest BCUT2D eigenvalue weighted by Crippen LogP contribution is 2.31. The number of rotatable bonds is 3. The van der Waals surface area contributed by atoms with Crippen LogP contribution in [0, 0.1) is 0 Å². The number of nitrogens with zero attached hydrogens (tertiary/aromatic N) is 1. The van der Waals surface area contributed by atoms with Crippen LogP contribution in [0.25, 0.3) is 6.20 Å². The van der Waals surface area contributed by atoms with Crippen molar-refractivity contribution in [3.8, 4) is 0 Å². The second-order valence-corrected chi connectivity index (χ2v) is 6.51. The first-order valence-electron chi connectivity index (χ1n) is 7.41. The van der Waals surface area contributed by atoms with Crippen LogP contribution in [0.2, 0.25) is 0 Å². The maximum Gasteiger partial charge on any atom is 0.248 e. The van der Waals surface area contributed by atoms with Gasteiger partial charge in [0.05, 0.1) is 17.7 Å². The first-order valence-corrected chi connectivity index (χ1v) is 8.40. The second-order valence-electron chi connectivity index (χ2n) is 5.56. The molecule has 2 heterocycles. The summed E-state index contributed by atoms with van der Waals surface area (Å²) in [7, 11) is 0. The van der Waals surface area contributed by atoms with E-state index >= 15 is 0 Å². The van der Waals surface area contributed by atoms with Gasteiger partial charge >= 0.3 is 0 Å². The number of anilines is 2. The van der Waals surface area contributed by atoms with Crippen LogP contribution in [-0.4, -0.2) is 17.7 Å². The Morgan fingerprint density at radius 2 is 2.12 bits per heavy atom. The molecular formula is C17H14N4O2S. The van der Waals surface area contributed by atoms with E-state index in [2.05, 4.69) is 15.6 Å². The van der Waals surface area contributed by atoms with Crippen molar-refractivity contribution in [2.45, 2.75) is 11.3 Å². The van der Waals surface area contributed by atoms with E-state index in [1.165, 1.54) is 0 Å². The smallest absolute Gasteiger partial charge is 0.248 e. The molecule has 2 aliphatic rings. The monoisotopic (exact) mass is 338 g/mol. The molecule has 0 saturated heterocycles. The van der Waals surface area contributed by atoms with Crippen molar-refractivity contribution in [2.75, 3.05) is 16.5 Å². The summed E-state index contributed by atoms with van der Waals surface area (Å²) in [6.07, 6.45) is 2.28. The Hall–Kier alpha value is -2.80. The number of thioether (sulfide) groups is 1. The Balaban J connectivity index is 1.71. The van der Waals surface area contributed by atoms with Crippen LogP contribution in [0.3, 0.4) is 0 Å². The van der Waals surface area contributed by atoms with Crippen LogP contribution >= 0.6 is 11.8 Å². The van der Waals surface area contributed by atoms with E-state index in [1.54, 1.807) is 36.0 Å². The predicted molar refractivity (Wildman–Crippen MR) is 93.3 cm³/mol. The minimum Gasteiger partial charge on any atom is -0.366 e. The summed E-state index contributed by atoms with van der Waals surface area (Å²) in [5.74, 6) is 0.245. The molecule has 2 aromatic rings. The van der Waals surface area contributed by atoms with Gasteiger partial charge in [0.15, 0.2) is 0 Å². The predicted octanol–water partition coefficient (Wildman–Crippen LogP) is 0.813. The van der Waals surface area contributed by atoms with Crippen molar-refractivity contribution in [2.24, 2.45) is 10.7 Å². The van der Waals surface area contributed by atoms with E-state index in [4.69, 9.17) is 5.73 Å². The normalized spacial score (nSPS) is 15.5. The van der Waals surface area contributed by atoms with Crippen LogP contribution in [0.5, 0.6) is 0 Å². The number of fused-ring (bicyclic) bond motifs is 3. The lowest BCUT2D eigenvalue weighted by Gasteiger charge is -2.04. The standard InChI is InChI=1S/C17H14N4O2S/c18-17(23)9-1-3-11(4-2-9)19-7-10-5-13-12(6-14(22)21-13)16-15(10)20-8-24-16/h1-5,7,19H,6,8H2,(H2,18,23)(H,21,22). The second kappa shape index (κ2) is 5.68. The maximum absolute atomic E-state index is 11.7. The summed E-state index contributed by atoms with van der Waals surface area (Å²) in [4.78, 5) is 28.4. The van der Waals surface area contributed by atoms with Gasteiger partial charge in [0.2, 0.25) is 11.8 Å². The third-order valence-electron chi connectivity index (χ3n) is 3.99. The Bertz CT molecular complexity index is 983. The summed E-state index contributed by atoms with van der Waals surface area (Å²) < 4.78 is 0. The van der Waals surface area contributed by atoms with Crippen molar-refractivity contribution in [1.82, 2.24) is 0 Å². The molecule has 0 aromatic heterocycles. The van der Waals surface area contributed by atoms with Crippen molar-refractivity contribution in [3.63, 3.8) is 0 Å². The lowest BCUT2D eigenvalue weighted by atomic mass is 10.1. The number of hydrogen-bond donors (Lipinski definition) is 3. The van der Waals surface area contributed by atoms with Crippen LogP contribution in [-0.2, 0) is 11.2 Å². The highest BCUT2D eigenvalue weighted by Gasteiger charge is 2.24. The molecule has 2 amide bonds. The molecule has 24 heavy (non-hydrogen) atoms. The quantitative estimate of drug-likeness (QED) is 0.772. The number of hydrogen-bond acceptors (Lipinski definition) is 5. The topological polar surface area (TPSA) is 96.6 Å². The van der Waals surface area contributed by atoms with E-state index in [1.807, 2.05) is 12.3 Å². The lowest BCUT2D eigenvalue weighted by molar-refractivity contribution is -0.115. The highest BCUT2D eigenvalue weighted by molar-refractivity contribution is 7.99. The number of primary amides is 1. The van der Waals surface area contributed by atoms with Gasteiger partial charge in [-0.1, -0.05) is 11.8 Å². The molecule has 0 saturated carbocycles. The van der Waals surface area contributed by atoms with Gasteiger partial charge < -0.3 is 16.4 Å². The molecule has 2 aliphatic heterocycles. The molecule has 0 radical (unpaired) electrons. The Labute approximate surface area is 141 Å². The number of carbonyl (C=O) groups excluding carboxylic acids is 2. The highest BCUT2D eigenvalue weighted by atomic mass is 32.2. The Morgan fingerprint density at radius 1 is 1.33 bits per heavy atom. The van der Waals surface area contributed by atoms with Crippen LogP contribution in [0.15, 0.2) is 40.2 Å². The third kappa shape index (κ3) is 2.52. The molecule has 0 atom stereocenters. The molecule has 0 bridgehead atoms. The van der Waals surface area contributed by atoms with Crippen LogP contribution in [0.1, 0.15) is 15.9 Å². The lowest BCUT2D eigenvalue weighted by Crippen LogP contribution is -2.27. The molecule has 2 aromatic carbocycles. The van der Waals surface area contributed by atoms with E-state index in [0.717, 1.165) is 32.4 Å². The van der Waals surface area contributed by atoms with Crippen LogP contribution in [0.4, 0.5) is 11.4 Å². The summed E-state index contributed by atoms with van der Waals surface area (Å²) in [6, 6.07) is 8.87. The molecule has 6 nitrogen and oxygen atoms in total. The maximum atomic E-state index is 11.7. The molecule has 120 valence electrons. The largest absolute Gasteiger partial charge is 0.366 e. The molecule has 0 fully saturated rings. The fourth-order valence-corrected chi connectivity index (χ4v) is 3.83. The first-order chi connectivity index (χ1) is 11.6.